The molecule has 3 aromatic carbocycles. The Hall–Kier alpha value is -3.81. The number of benzene rings is 3. The van der Waals surface area contributed by atoms with Gasteiger partial charge < -0.3 is 19.8 Å². The van der Waals surface area contributed by atoms with Crippen molar-refractivity contribution in [3.05, 3.63) is 82.7 Å². The SMILES string of the molecule is CNC(=O)c1c(-c2ccc(F)cc2)oc2cc(CS(=O)(=O)Nc3cc(F)c(B(O)O)c(F)c3)c(C3CC3)cc12. The first kappa shape index (κ1) is 26.8. The van der Waals surface area contributed by atoms with Crippen molar-refractivity contribution in [2.45, 2.75) is 24.5 Å². The molecule has 1 aromatic heterocycles. The van der Waals surface area contributed by atoms with Crippen LogP contribution in [0.2, 0.25) is 0 Å². The van der Waals surface area contributed by atoms with Crippen LogP contribution in [0.5, 0.6) is 0 Å². The summed E-state index contributed by atoms with van der Waals surface area (Å²) in [6, 6.07) is 9.94. The second-order valence-electron chi connectivity index (χ2n) is 9.30. The summed E-state index contributed by atoms with van der Waals surface area (Å²) in [5.41, 5.74) is 0.564. The summed E-state index contributed by atoms with van der Waals surface area (Å²) in [6.07, 6.45) is 1.62. The van der Waals surface area contributed by atoms with Gasteiger partial charge in [0.15, 0.2) is 0 Å². The Morgan fingerprint density at radius 1 is 1.05 bits per heavy atom. The molecule has 0 aliphatic heterocycles. The van der Waals surface area contributed by atoms with Crippen molar-refractivity contribution >= 4 is 45.2 Å². The maximum atomic E-state index is 14.2. The number of halogens is 3. The fraction of sp³-hybridized carbons (Fsp3) is 0.192. The molecule has 0 atom stereocenters. The molecule has 0 bridgehead atoms. The quantitative estimate of drug-likeness (QED) is 0.246. The highest BCUT2D eigenvalue weighted by molar-refractivity contribution is 7.91. The third-order valence-electron chi connectivity index (χ3n) is 6.48. The molecule has 1 saturated carbocycles. The van der Waals surface area contributed by atoms with Crippen LogP contribution in [0, 0.1) is 17.5 Å². The fourth-order valence-electron chi connectivity index (χ4n) is 4.57. The van der Waals surface area contributed by atoms with E-state index < -0.39 is 57.4 Å². The predicted octanol–water partition coefficient (Wildman–Crippen LogP) is 3.38. The van der Waals surface area contributed by atoms with Crippen molar-refractivity contribution in [2.24, 2.45) is 0 Å². The Morgan fingerprint density at radius 2 is 1.69 bits per heavy atom. The lowest BCUT2D eigenvalue weighted by molar-refractivity contribution is 0.0964. The first-order valence-corrected chi connectivity index (χ1v) is 13.6. The van der Waals surface area contributed by atoms with Gasteiger partial charge in [-0.15, -0.1) is 0 Å². The lowest BCUT2D eigenvalue weighted by Crippen LogP contribution is -2.35. The van der Waals surface area contributed by atoms with Gasteiger partial charge in [0.05, 0.1) is 22.5 Å². The van der Waals surface area contributed by atoms with Gasteiger partial charge in [-0.2, -0.15) is 0 Å². The molecular weight excluding hydrogens is 536 g/mol. The van der Waals surface area contributed by atoms with Crippen LogP contribution in [0.3, 0.4) is 0 Å². The average molecular weight is 558 g/mol. The van der Waals surface area contributed by atoms with Crippen LogP contribution in [0.15, 0.2) is 52.9 Å². The Labute approximate surface area is 221 Å². The summed E-state index contributed by atoms with van der Waals surface area (Å²) < 4.78 is 76.0. The number of rotatable bonds is 8. The summed E-state index contributed by atoms with van der Waals surface area (Å²) >= 11 is 0. The van der Waals surface area contributed by atoms with E-state index >= 15 is 0 Å². The highest BCUT2D eigenvalue weighted by atomic mass is 32.2. The number of sulfonamides is 1. The molecule has 13 heteroatoms. The monoisotopic (exact) mass is 558 g/mol. The number of furan rings is 1. The molecule has 0 saturated heterocycles. The van der Waals surface area contributed by atoms with E-state index in [4.69, 9.17) is 14.5 Å². The topological polar surface area (TPSA) is 129 Å². The van der Waals surface area contributed by atoms with Crippen LogP contribution in [0.25, 0.3) is 22.3 Å². The number of amides is 1. The van der Waals surface area contributed by atoms with Gasteiger partial charge in [0.2, 0.25) is 10.0 Å². The van der Waals surface area contributed by atoms with Gasteiger partial charge in [0.25, 0.3) is 5.91 Å². The Kier molecular flexibility index (Phi) is 6.91. The highest BCUT2D eigenvalue weighted by Gasteiger charge is 2.31. The van der Waals surface area contributed by atoms with Crippen LogP contribution in [-0.4, -0.2) is 38.5 Å². The largest absolute Gasteiger partial charge is 0.494 e. The van der Waals surface area contributed by atoms with Gasteiger partial charge in [-0.3, -0.25) is 9.52 Å². The zero-order valence-corrected chi connectivity index (χ0v) is 21.3. The molecule has 4 aromatic rings. The predicted molar refractivity (Wildman–Crippen MR) is 139 cm³/mol. The van der Waals surface area contributed by atoms with E-state index in [2.05, 4.69) is 10.0 Å². The number of hydrogen-bond donors (Lipinski definition) is 4. The van der Waals surface area contributed by atoms with Crippen molar-refractivity contribution in [2.75, 3.05) is 11.8 Å². The number of anilines is 1. The van der Waals surface area contributed by atoms with Gasteiger partial charge in [0, 0.05) is 18.0 Å². The van der Waals surface area contributed by atoms with Crippen molar-refractivity contribution in [3.8, 4) is 11.3 Å². The van der Waals surface area contributed by atoms with Crippen LogP contribution in [-0.2, 0) is 15.8 Å². The van der Waals surface area contributed by atoms with E-state index in [1.165, 1.54) is 37.4 Å². The fourth-order valence-corrected chi connectivity index (χ4v) is 5.77. The average Bonchev–Trinajstić information content (AvgIpc) is 3.63. The zero-order chi connectivity index (χ0) is 28.1. The normalized spacial score (nSPS) is 13.5. The van der Waals surface area contributed by atoms with Crippen molar-refractivity contribution < 1.29 is 40.8 Å². The summed E-state index contributed by atoms with van der Waals surface area (Å²) in [6.45, 7) is 0. The van der Waals surface area contributed by atoms with E-state index in [1.54, 1.807) is 6.07 Å². The van der Waals surface area contributed by atoms with Gasteiger partial charge >= 0.3 is 7.12 Å². The molecule has 8 nitrogen and oxygen atoms in total. The molecule has 1 aliphatic rings. The molecule has 0 spiro atoms. The minimum atomic E-state index is -4.20. The second kappa shape index (κ2) is 10.1. The molecule has 1 amide bonds. The number of carbonyl (C=O) groups is 1. The number of hydrogen-bond acceptors (Lipinski definition) is 6. The van der Waals surface area contributed by atoms with Crippen molar-refractivity contribution in [1.82, 2.24) is 5.32 Å². The molecule has 0 unspecified atom stereocenters. The smallest absolute Gasteiger partial charge is 0.455 e. The third-order valence-corrected chi connectivity index (χ3v) is 7.72. The van der Waals surface area contributed by atoms with Crippen molar-refractivity contribution in [3.63, 3.8) is 0 Å². The van der Waals surface area contributed by atoms with E-state index in [0.29, 0.717) is 34.2 Å². The highest BCUT2D eigenvalue weighted by Crippen LogP contribution is 2.45. The van der Waals surface area contributed by atoms with Crippen LogP contribution in [0.1, 0.15) is 40.2 Å². The van der Waals surface area contributed by atoms with Gasteiger partial charge in [-0.1, -0.05) is 0 Å². The van der Waals surface area contributed by atoms with Crippen molar-refractivity contribution in [1.29, 1.82) is 0 Å². The minimum absolute atomic E-state index is 0.0570. The van der Waals surface area contributed by atoms with Gasteiger partial charge in [0.1, 0.15) is 28.8 Å². The number of carbonyl (C=O) groups excluding carboxylic acids is 1. The lowest BCUT2D eigenvalue weighted by atomic mass is 9.79. The molecular formula is C26H22BF3N2O6S. The summed E-state index contributed by atoms with van der Waals surface area (Å²) in [4.78, 5) is 12.8. The van der Waals surface area contributed by atoms with E-state index in [-0.39, 0.29) is 22.8 Å². The first-order chi connectivity index (χ1) is 18.5. The van der Waals surface area contributed by atoms with E-state index in [9.17, 15) is 26.4 Å². The van der Waals surface area contributed by atoms with E-state index in [1.807, 2.05) is 0 Å². The number of nitrogens with one attached hydrogen (secondary N) is 2. The molecule has 202 valence electrons. The molecule has 0 radical (unpaired) electrons. The van der Waals surface area contributed by atoms with Gasteiger partial charge in [-0.25, -0.2) is 21.6 Å². The summed E-state index contributed by atoms with van der Waals surface area (Å²) in [5.74, 6) is -3.86. The maximum absolute atomic E-state index is 14.2. The molecule has 4 N–H and O–H groups in total. The third kappa shape index (κ3) is 5.38. The van der Waals surface area contributed by atoms with Crippen LogP contribution >= 0.6 is 0 Å². The lowest BCUT2D eigenvalue weighted by Gasteiger charge is -2.13. The molecule has 1 fully saturated rings. The summed E-state index contributed by atoms with van der Waals surface area (Å²) in [5, 5.41) is 21.3. The Balaban J connectivity index is 1.56. The number of fused-ring (bicyclic) bond motifs is 1. The summed E-state index contributed by atoms with van der Waals surface area (Å²) in [7, 11) is -5.15. The standard InChI is InChI=1S/C26H22BF3N2O6S/c1-31-26(33)23-19-11-18(13-2-3-13)15(8-22(19)38-25(23)14-4-6-16(28)7-5-14)12-39(36,37)32-17-9-20(29)24(27(34)35)21(30)10-17/h4-11,13,32,34-35H,2-3,12H2,1H3,(H,31,33). The molecule has 39 heavy (non-hydrogen) atoms. The van der Waals surface area contributed by atoms with Crippen LogP contribution in [0.4, 0.5) is 18.9 Å². The Bertz CT molecular complexity index is 1680. The zero-order valence-electron chi connectivity index (χ0n) is 20.5. The first-order valence-electron chi connectivity index (χ1n) is 11.9. The molecule has 1 heterocycles. The van der Waals surface area contributed by atoms with Crippen LogP contribution < -0.4 is 15.5 Å². The van der Waals surface area contributed by atoms with E-state index in [0.717, 1.165) is 12.8 Å². The van der Waals surface area contributed by atoms with Gasteiger partial charge in [-0.05, 0) is 78.4 Å². The maximum Gasteiger partial charge on any atom is 0.494 e. The Morgan fingerprint density at radius 3 is 2.26 bits per heavy atom. The minimum Gasteiger partial charge on any atom is -0.455 e. The molecule has 5 rings (SSSR count). The second-order valence-corrected chi connectivity index (χ2v) is 11.0. The molecule has 1 aliphatic carbocycles.